The number of hydrogen-bond acceptors (Lipinski definition) is 2. The normalized spacial score (nSPS) is 27.9. The van der Waals surface area contributed by atoms with E-state index in [9.17, 15) is 4.79 Å². The Morgan fingerprint density at radius 3 is 3.29 bits per heavy atom. The van der Waals surface area contributed by atoms with E-state index in [0.29, 0.717) is 0 Å². The SMILES string of the molecule is O=CC1CNC2=C1CC=C1C=CC=C12. The number of nitrogens with one attached hydrogen (secondary N) is 1. The summed E-state index contributed by atoms with van der Waals surface area (Å²) in [4.78, 5) is 10.8. The van der Waals surface area contributed by atoms with Gasteiger partial charge in [-0.1, -0.05) is 24.3 Å². The number of fused-ring (bicyclic) bond motifs is 2. The zero-order valence-electron chi connectivity index (χ0n) is 7.79. The molecule has 0 amide bonds. The summed E-state index contributed by atoms with van der Waals surface area (Å²) < 4.78 is 0. The van der Waals surface area contributed by atoms with Crippen LogP contribution in [0.1, 0.15) is 6.42 Å². The highest BCUT2D eigenvalue weighted by molar-refractivity contribution is 5.69. The molecular weight excluding hydrogens is 174 g/mol. The largest absolute Gasteiger partial charge is 0.384 e. The van der Waals surface area contributed by atoms with E-state index in [1.807, 2.05) is 0 Å². The highest BCUT2D eigenvalue weighted by Gasteiger charge is 2.29. The van der Waals surface area contributed by atoms with Gasteiger partial charge in [-0.2, -0.15) is 0 Å². The van der Waals surface area contributed by atoms with Crippen molar-refractivity contribution in [1.82, 2.24) is 5.32 Å². The first-order chi connectivity index (χ1) is 6.90. The average Bonchev–Trinajstić information content (AvgIpc) is 2.82. The monoisotopic (exact) mass is 185 g/mol. The Labute approximate surface area is 82.7 Å². The van der Waals surface area contributed by atoms with Gasteiger partial charge in [-0.15, -0.1) is 0 Å². The fourth-order valence-electron chi connectivity index (χ4n) is 2.35. The van der Waals surface area contributed by atoms with Gasteiger partial charge in [0.15, 0.2) is 0 Å². The van der Waals surface area contributed by atoms with E-state index in [0.717, 1.165) is 19.3 Å². The van der Waals surface area contributed by atoms with Crippen molar-refractivity contribution in [3.63, 3.8) is 0 Å². The first-order valence-electron chi connectivity index (χ1n) is 4.91. The number of carbonyl (C=O) groups excluding carboxylic acids is 1. The summed E-state index contributed by atoms with van der Waals surface area (Å²) in [6, 6.07) is 0. The number of hydrogen-bond donors (Lipinski definition) is 1. The summed E-state index contributed by atoms with van der Waals surface area (Å²) in [6.07, 6.45) is 10.5. The molecular formula is C12H11NO. The molecule has 0 fully saturated rings. The van der Waals surface area contributed by atoms with Gasteiger partial charge in [0.1, 0.15) is 6.29 Å². The lowest BCUT2D eigenvalue weighted by molar-refractivity contribution is -0.109. The zero-order chi connectivity index (χ0) is 9.54. The Balaban J connectivity index is 2.06. The van der Waals surface area contributed by atoms with Crippen LogP contribution in [0.2, 0.25) is 0 Å². The van der Waals surface area contributed by atoms with Crippen molar-refractivity contribution in [3.05, 3.63) is 46.7 Å². The van der Waals surface area contributed by atoms with Gasteiger partial charge in [0.05, 0.1) is 5.92 Å². The molecule has 1 atom stereocenters. The number of allylic oxidation sites excluding steroid dienone is 5. The van der Waals surface area contributed by atoms with Crippen LogP contribution < -0.4 is 5.32 Å². The van der Waals surface area contributed by atoms with Gasteiger partial charge in [0.25, 0.3) is 0 Å². The van der Waals surface area contributed by atoms with Crippen LogP contribution in [0.25, 0.3) is 0 Å². The van der Waals surface area contributed by atoms with Gasteiger partial charge in [-0.05, 0) is 17.6 Å². The van der Waals surface area contributed by atoms with Crippen LogP contribution in [-0.2, 0) is 4.79 Å². The molecule has 0 aromatic heterocycles. The highest BCUT2D eigenvalue weighted by atomic mass is 16.1. The molecule has 0 saturated heterocycles. The maximum Gasteiger partial charge on any atom is 0.128 e. The zero-order valence-corrected chi connectivity index (χ0v) is 7.79. The lowest BCUT2D eigenvalue weighted by atomic mass is 9.89. The third-order valence-corrected chi connectivity index (χ3v) is 3.09. The molecule has 0 spiro atoms. The molecule has 3 aliphatic rings. The minimum absolute atomic E-state index is 0.0873. The maximum absolute atomic E-state index is 10.8. The first-order valence-corrected chi connectivity index (χ1v) is 4.91. The third kappa shape index (κ3) is 0.882. The van der Waals surface area contributed by atoms with Crippen LogP contribution in [0.15, 0.2) is 46.7 Å². The quantitative estimate of drug-likeness (QED) is 0.627. The molecule has 1 unspecified atom stereocenters. The third-order valence-electron chi connectivity index (χ3n) is 3.09. The molecule has 0 radical (unpaired) electrons. The average molecular weight is 185 g/mol. The number of carbonyl (C=O) groups is 1. The van der Waals surface area contributed by atoms with Crippen LogP contribution in [0.4, 0.5) is 0 Å². The van der Waals surface area contributed by atoms with Gasteiger partial charge >= 0.3 is 0 Å². The minimum Gasteiger partial charge on any atom is -0.384 e. The van der Waals surface area contributed by atoms with E-state index in [1.165, 1.54) is 22.4 Å². The van der Waals surface area contributed by atoms with Gasteiger partial charge in [0, 0.05) is 17.8 Å². The predicted octanol–water partition coefficient (Wildman–Crippen LogP) is 1.49. The molecule has 0 aromatic rings. The highest BCUT2D eigenvalue weighted by Crippen LogP contribution is 2.37. The predicted molar refractivity (Wildman–Crippen MR) is 54.5 cm³/mol. The molecule has 1 heterocycles. The summed E-state index contributed by atoms with van der Waals surface area (Å²) in [7, 11) is 0. The topological polar surface area (TPSA) is 29.1 Å². The Bertz CT molecular complexity index is 424. The summed E-state index contributed by atoms with van der Waals surface area (Å²) in [5, 5.41) is 3.33. The summed E-state index contributed by atoms with van der Waals surface area (Å²) >= 11 is 0. The van der Waals surface area contributed by atoms with Gasteiger partial charge < -0.3 is 10.1 Å². The molecule has 0 bridgehead atoms. The van der Waals surface area contributed by atoms with Crippen LogP contribution in [0, 0.1) is 5.92 Å². The summed E-state index contributed by atoms with van der Waals surface area (Å²) in [5.41, 5.74) is 5.02. The molecule has 2 heteroatoms. The first kappa shape index (κ1) is 7.80. The fourth-order valence-corrected chi connectivity index (χ4v) is 2.35. The molecule has 14 heavy (non-hydrogen) atoms. The molecule has 0 aromatic carbocycles. The van der Waals surface area contributed by atoms with Crippen molar-refractivity contribution in [2.24, 2.45) is 5.92 Å². The summed E-state index contributed by atoms with van der Waals surface area (Å²) in [5.74, 6) is 0.0873. The smallest absolute Gasteiger partial charge is 0.128 e. The van der Waals surface area contributed by atoms with E-state index in [2.05, 4.69) is 29.6 Å². The van der Waals surface area contributed by atoms with Crippen molar-refractivity contribution >= 4 is 6.29 Å². The molecule has 0 saturated carbocycles. The van der Waals surface area contributed by atoms with Crippen molar-refractivity contribution in [1.29, 1.82) is 0 Å². The lowest BCUT2D eigenvalue weighted by Crippen LogP contribution is -2.13. The fraction of sp³-hybridized carbons (Fsp3) is 0.250. The van der Waals surface area contributed by atoms with Crippen LogP contribution in [0.5, 0.6) is 0 Å². The summed E-state index contributed by atoms with van der Waals surface area (Å²) in [6.45, 7) is 0.770. The van der Waals surface area contributed by atoms with Gasteiger partial charge in [-0.25, -0.2) is 0 Å². The van der Waals surface area contributed by atoms with Gasteiger partial charge in [0.2, 0.25) is 0 Å². The second-order valence-electron chi connectivity index (χ2n) is 3.83. The standard InChI is InChI=1S/C12H11NO/c14-7-9-6-13-12-10-3-1-2-8(10)4-5-11(9)12/h1-4,7,9,13H,5-6H2. The minimum atomic E-state index is 0.0873. The molecule has 70 valence electrons. The van der Waals surface area contributed by atoms with Crippen LogP contribution >= 0.6 is 0 Å². The van der Waals surface area contributed by atoms with Crippen molar-refractivity contribution in [2.75, 3.05) is 6.54 Å². The van der Waals surface area contributed by atoms with Crippen molar-refractivity contribution in [2.45, 2.75) is 6.42 Å². The number of aldehydes is 1. The molecule has 1 N–H and O–H groups in total. The number of rotatable bonds is 1. The Morgan fingerprint density at radius 2 is 2.43 bits per heavy atom. The van der Waals surface area contributed by atoms with E-state index >= 15 is 0 Å². The Morgan fingerprint density at radius 1 is 1.50 bits per heavy atom. The Kier molecular flexibility index (Phi) is 1.51. The molecule has 2 aliphatic carbocycles. The van der Waals surface area contributed by atoms with Crippen molar-refractivity contribution in [3.8, 4) is 0 Å². The molecule has 2 nitrogen and oxygen atoms in total. The van der Waals surface area contributed by atoms with Crippen LogP contribution in [-0.4, -0.2) is 12.8 Å². The maximum atomic E-state index is 10.8. The van der Waals surface area contributed by atoms with Crippen molar-refractivity contribution < 1.29 is 4.79 Å². The Hall–Kier alpha value is -1.57. The lowest BCUT2D eigenvalue weighted by Gasteiger charge is -2.15. The van der Waals surface area contributed by atoms with Crippen LogP contribution in [0.3, 0.4) is 0 Å². The van der Waals surface area contributed by atoms with E-state index < -0.39 is 0 Å². The second kappa shape index (κ2) is 2.71. The molecule has 3 rings (SSSR count). The molecule has 1 aliphatic heterocycles. The van der Waals surface area contributed by atoms with E-state index in [-0.39, 0.29) is 5.92 Å². The van der Waals surface area contributed by atoms with Gasteiger partial charge in [-0.3, -0.25) is 0 Å². The van der Waals surface area contributed by atoms with E-state index in [1.54, 1.807) is 0 Å². The second-order valence-corrected chi connectivity index (χ2v) is 3.83. The van der Waals surface area contributed by atoms with E-state index in [4.69, 9.17) is 0 Å².